The molecule has 0 spiro atoms. The Labute approximate surface area is 154 Å². The molecule has 6 nitrogen and oxygen atoms in total. The number of benzene rings is 2. The molecule has 2 aromatic carbocycles. The average Bonchev–Trinajstić information content (AvgIpc) is 2.61. The van der Waals surface area contributed by atoms with Gasteiger partial charge >= 0.3 is 12.6 Å². The quantitative estimate of drug-likeness (QED) is 0.588. The van der Waals surface area contributed by atoms with Crippen LogP contribution in [0.3, 0.4) is 0 Å². The van der Waals surface area contributed by atoms with Crippen LogP contribution < -0.4 is 10.1 Å². The highest BCUT2D eigenvalue weighted by Crippen LogP contribution is 2.21. The molecule has 1 atom stereocenters. The smallest absolute Gasteiger partial charge is 0.387 e. The van der Waals surface area contributed by atoms with Gasteiger partial charge in [0.25, 0.3) is 5.91 Å². The van der Waals surface area contributed by atoms with Gasteiger partial charge in [0.2, 0.25) is 0 Å². The van der Waals surface area contributed by atoms with Crippen molar-refractivity contribution in [3.63, 3.8) is 0 Å². The first-order valence-electron chi connectivity index (χ1n) is 7.94. The maximum Gasteiger partial charge on any atom is 0.387 e. The Morgan fingerprint density at radius 3 is 2.22 bits per heavy atom. The molecule has 2 aromatic rings. The summed E-state index contributed by atoms with van der Waals surface area (Å²) in [6.07, 6.45) is -1.19. The van der Waals surface area contributed by atoms with E-state index in [-0.39, 0.29) is 17.1 Å². The number of Topliss-reactive ketones (excluding diaryl/α,β-unsaturated/α-hetero) is 1. The average molecular weight is 377 g/mol. The first-order valence-corrected chi connectivity index (χ1v) is 7.94. The van der Waals surface area contributed by atoms with Gasteiger partial charge in [-0.1, -0.05) is 12.1 Å². The van der Waals surface area contributed by atoms with Crippen molar-refractivity contribution in [3.05, 3.63) is 59.7 Å². The van der Waals surface area contributed by atoms with Crippen LogP contribution in [0.25, 0.3) is 0 Å². The molecule has 1 amide bonds. The Bertz CT molecular complexity index is 836. The summed E-state index contributed by atoms with van der Waals surface area (Å²) in [5, 5.41) is 2.53. The van der Waals surface area contributed by atoms with Gasteiger partial charge in [-0.15, -0.1) is 0 Å². The fourth-order valence-electron chi connectivity index (χ4n) is 2.14. The van der Waals surface area contributed by atoms with E-state index in [1.807, 2.05) is 0 Å². The van der Waals surface area contributed by atoms with Crippen molar-refractivity contribution in [2.45, 2.75) is 26.6 Å². The summed E-state index contributed by atoms with van der Waals surface area (Å²) < 4.78 is 34.1. The van der Waals surface area contributed by atoms with E-state index >= 15 is 0 Å². The number of ketones is 1. The molecular weight excluding hydrogens is 360 g/mol. The van der Waals surface area contributed by atoms with E-state index in [0.717, 1.165) is 0 Å². The molecule has 0 aromatic heterocycles. The molecule has 0 heterocycles. The molecule has 0 radical (unpaired) electrons. The lowest BCUT2D eigenvalue weighted by molar-refractivity contribution is -0.123. The highest BCUT2D eigenvalue weighted by molar-refractivity contribution is 5.99. The predicted molar refractivity (Wildman–Crippen MR) is 93.0 cm³/mol. The lowest BCUT2D eigenvalue weighted by atomic mass is 10.1. The van der Waals surface area contributed by atoms with Crippen LogP contribution in [-0.2, 0) is 9.53 Å². The zero-order chi connectivity index (χ0) is 20.0. The number of alkyl halides is 2. The third kappa shape index (κ3) is 5.60. The number of rotatable bonds is 7. The van der Waals surface area contributed by atoms with Crippen molar-refractivity contribution in [2.75, 3.05) is 5.32 Å². The number of anilines is 1. The molecule has 2 rings (SSSR count). The molecule has 0 saturated heterocycles. The normalized spacial score (nSPS) is 11.6. The maximum absolute atomic E-state index is 12.4. The van der Waals surface area contributed by atoms with Crippen molar-refractivity contribution in [1.29, 1.82) is 0 Å². The second kappa shape index (κ2) is 8.88. The number of amides is 1. The van der Waals surface area contributed by atoms with Crippen LogP contribution in [0.5, 0.6) is 5.75 Å². The first-order chi connectivity index (χ1) is 12.8. The molecule has 0 aliphatic carbocycles. The summed E-state index contributed by atoms with van der Waals surface area (Å²) in [4.78, 5) is 35.6. The van der Waals surface area contributed by atoms with E-state index in [0.29, 0.717) is 11.3 Å². The minimum absolute atomic E-state index is 0.111. The lowest BCUT2D eigenvalue weighted by Crippen LogP contribution is -2.30. The number of hydrogen-bond donors (Lipinski definition) is 1. The van der Waals surface area contributed by atoms with E-state index in [1.165, 1.54) is 50.2 Å². The number of para-hydroxylation sites is 1. The van der Waals surface area contributed by atoms with Crippen molar-refractivity contribution in [2.24, 2.45) is 0 Å². The molecule has 0 aliphatic rings. The van der Waals surface area contributed by atoms with Crippen LogP contribution in [-0.4, -0.2) is 30.4 Å². The standard InChI is InChI=1S/C19H17F2NO5/c1-11(23)13-7-9-14(10-8-13)22-17(24)12(2)26-18(25)15-5-3-4-6-16(15)27-19(20)21/h3-10,12,19H,1-2H3,(H,22,24). The molecule has 0 bridgehead atoms. The Hall–Kier alpha value is -3.29. The van der Waals surface area contributed by atoms with E-state index < -0.39 is 24.6 Å². The minimum Gasteiger partial charge on any atom is -0.449 e. The first kappa shape index (κ1) is 20.0. The molecular formula is C19H17F2NO5. The lowest BCUT2D eigenvalue weighted by Gasteiger charge is -2.15. The van der Waals surface area contributed by atoms with Crippen LogP contribution in [0.2, 0.25) is 0 Å². The van der Waals surface area contributed by atoms with Crippen molar-refractivity contribution in [3.8, 4) is 5.75 Å². The van der Waals surface area contributed by atoms with Crippen molar-refractivity contribution >= 4 is 23.3 Å². The van der Waals surface area contributed by atoms with Crippen LogP contribution in [0.4, 0.5) is 14.5 Å². The van der Waals surface area contributed by atoms with Gasteiger partial charge in [0.1, 0.15) is 11.3 Å². The number of ether oxygens (including phenoxy) is 2. The Morgan fingerprint density at radius 1 is 1.00 bits per heavy atom. The van der Waals surface area contributed by atoms with Gasteiger partial charge < -0.3 is 14.8 Å². The Morgan fingerprint density at radius 2 is 1.63 bits per heavy atom. The van der Waals surface area contributed by atoms with Gasteiger partial charge in [0.15, 0.2) is 11.9 Å². The number of carbonyl (C=O) groups is 3. The molecule has 0 aliphatic heterocycles. The number of nitrogens with one attached hydrogen (secondary N) is 1. The summed E-state index contributed by atoms with van der Waals surface area (Å²) in [6, 6.07) is 11.5. The topological polar surface area (TPSA) is 81.7 Å². The number of carbonyl (C=O) groups excluding carboxylic acids is 3. The van der Waals surface area contributed by atoms with Crippen molar-refractivity contribution in [1.82, 2.24) is 0 Å². The molecule has 1 N–H and O–H groups in total. The zero-order valence-corrected chi connectivity index (χ0v) is 14.6. The summed E-state index contributed by atoms with van der Waals surface area (Å²) >= 11 is 0. The fourth-order valence-corrected chi connectivity index (χ4v) is 2.14. The Balaban J connectivity index is 2.01. The van der Waals surface area contributed by atoms with Crippen molar-refractivity contribution < 1.29 is 32.6 Å². The summed E-state index contributed by atoms with van der Waals surface area (Å²) in [5.41, 5.74) is 0.681. The second-order valence-corrected chi connectivity index (χ2v) is 5.54. The van der Waals surface area contributed by atoms with Crippen LogP contribution in [0, 0.1) is 0 Å². The largest absolute Gasteiger partial charge is 0.449 e. The highest BCUT2D eigenvalue weighted by Gasteiger charge is 2.22. The van der Waals surface area contributed by atoms with Gasteiger partial charge in [-0.05, 0) is 50.2 Å². The minimum atomic E-state index is -3.10. The fraction of sp³-hybridized carbons (Fsp3) is 0.211. The number of halogens is 2. The molecule has 27 heavy (non-hydrogen) atoms. The van der Waals surface area contributed by atoms with E-state index in [9.17, 15) is 23.2 Å². The SMILES string of the molecule is CC(=O)c1ccc(NC(=O)C(C)OC(=O)c2ccccc2OC(F)F)cc1. The maximum atomic E-state index is 12.4. The monoisotopic (exact) mass is 377 g/mol. The van der Waals surface area contributed by atoms with Gasteiger partial charge in [-0.2, -0.15) is 8.78 Å². The highest BCUT2D eigenvalue weighted by atomic mass is 19.3. The summed E-state index contributed by atoms with van der Waals surface area (Å²) in [6.45, 7) is -0.337. The molecule has 0 saturated carbocycles. The third-order valence-electron chi connectivity index (χ3n) is 3.54. The number of esters is 1. The van der Waals surface area contributed by atoms with Crippen LogP contribution >= 0.6 is 0 Å². The predicted octanol–water partition coefficient (Wildman–Crippen LogP) is 3.67. The van der Waals surface area contributed by atoms with E-state index in [1.54, 1.807) is 12.1 Å². The van der Waals surface area contributed by atoms with E-state index in [2.05, 4.69) is 10.1 Å². The molecule has 8 heteroatoms. The van der Waals surface area contributed by atoms with Crippen LogP contribution in [0.15, 0.2) is 48.5 Å². The molecule has 0 fully saturated rings. The second-order valence-electron chi connectivity index (χ2n) is 5.54. The molecule has 1 unspecified atom stereocenters. The van der Waals surface area contributed by atoms with Gasteiger partial charge in [0.05, 0.1) is 0 Å². The summed E-state index contributed by atoms with van der Waals surface area (Å²) in [5.74, 6) is -2.04. The number of hydrogen-bond acceptors (Lipinski definition) is 5. The third-order valence-corrected chi connectivity index (χ3v) is 3.54. The van der Waals surface area contributed by atoms with Gasteiger partial charge in [-0.3, -0.25) is 9.59 Å². The van der Waals surface area contributed by atoms with Gasteiger partial charge in [0, 0.05) is 11.3 Å². The Kier molecular flexibility index (Phi) is 6.59. The zero-order valence-electron chi connectivity index (χ0n) is 14.6. The van der Waals surface area contributed by atoms with E-state index in [4.69, 9.17) is 4.74 Å². The molecule has 142 valence electrons. The van der Waals surface area contributed by atoms with Gasteiger partial charge in [-0.25, -0.2) is 4.79 Å². The van der Waals surface area contributed by atoms with Crippen LogP contribution in [0.1, 0.15) is 34.6 Å². The summed E-state index contributed by atoms with van der Waals surface area (Å²) in [7, 11) is 0.